The zero-order valence-corrected chi connectivity index (χ0v) is 22.4. The standard InChI is InChI=1S/C23H24ClIN7OS/c1-14(4-3-5-16(24)10-26)34-22-19(12-28-23-27-11-18-20(32-23)30-13-29-18)31-21(33-22)15-6-8-17(25-2)9-7-15/h3-4,6-11,13-14H,5,12,26H2,1-2H3,(H2,27,28,29,30,32)/q-1/b4-3+,16-10+. The quantitative estimate of drug-likeness (QED) is 0.108. The third-order valence-electron chi connectivity index (χ3n) is 4.75. The number of H-pyrrole nitrogens is 1. The predicted octanol–water partition coefficient (Wildman–Crippen LogP) is 1.97. The average molecular weight is 609 g/mol. The SMILES string of the molecule is C[I-]c1ccc(-c2nc(CNc3ncc4[nH]cnc4n3)c(SC(C)/C=C/C/C(Cl)=C\N)o2)cc1. The van der Waals surface area contributed by atoms with E-state index in [1.54, 1.807) is 24.3 Å². The number of fused-ring (bicyclic) bond motifs is 1. The summed E-state index contributed by atoms with van der Waals surface area (Å²) in [6, 6.07) is 8.42. The van der Waals surface area contributed by atoms with Crippen LogP contribution in [0.1, 0.15) is 19.0 Å². The van der Waals surface area contributed by atoms with Gasteiger partial charge in [0.1, 0.15) is 5.52 Å². The molecule has 1 atom stereocenters. The Labute approximate surface area is 217 Å². The minimum absolute atomic E-state index is 0.0437. The van der Waals surface area contributed by atoms with Gasteiger partial charge in [0.05, 0.1) is 6.33 Å². The van der Waals surface area contributed by atoms with Gasteiger partial charge in [-0.25, -0.2) is 4.98 Å². The number of nitrogens with two attached hydrogens (primary N) is 1. The van der Waals surface area contributed by atoms with Crippen LogP contribution in [0.4, 0.5) is 5.95 Å². The van der Waals surface area contributed by atoms with E-state index in [9.17, 15) is 0 Å². The molecule has 4 N–H and O–H groups in total. The number of thioether (sulfide) groups is 1. The second-order valence-corrected chi connectivity index (χ2v) is 11.4. The van der Waals surface area contributed by atoms with E-state index in [-0.39, 0.29) is 26.5 Å². The second-order valence-electron chi connectivity index (χ2n) is 7.20. The summed E-state index contributed by atoms with van der Waals surface area (Å²) in [5, 5.41) is 4.73. The Balaban J connectivity index is 1.54. The first kappa shape index (κ1) is 24.6. The predicted molar refractivity (Wildman–Crippen MR) is 133 cm³/mol. The van der Waals surface area contributed by atoms with Gasteiger partial charge in [-0.3, -0.25) is 0 Å². The summed E-state index contributed by atoms with van der Waals surface area (Å²) in [5.41, 5.74) is 8.57. The molecule has 0 saturated carbocycles. The van der Waals surface area contributed by atoms with E-state index >= 15 is 0 Å². The van der Waals surface area contributed by atoms with Gasteiger partial charge in [0.25, 0.3) is 0 Å². The summed E-state index contributed by atoms with van der Waals surface area (Å²) in [5.74, 6) is 1.07. The van der Waals surface area contributed by atoms with Crippen LogP contribution in [0.25, 0.3) is 22.6 Å². The third-order valence-corrected chi connectivity index (χ3v) is 8.06. The third kappa shape index (κ3) is 6.30. The van der Waals surface area contributed by atoms with Gasteiger partial charge in [-0.2, -0.15) is 0 Å². The van der Waals surface area contributed by atoms with Crippen molar-refractivity contribution < 1.29 is 25.6 Å². The van der Waals surface area contributed by atoms with Gasteiger partial charge in [0.2, 0.25) is 0 Å². The van der Waals surface area contributed by atoms with Crippen molar-refractivity contribution in [3.8, 4) is 11.5 Å². The van der Waals surface area contributed by atoms with Crippen LogP contribution in [0.3, 0.4) is 0 Å². The van der Waals surface area contributed by atoms with E-state index in [0.717, 1.165) is 21.9 Å². The number of rotatable bonds is 10. The van der Waals surface area contributed by atoms with E-state index in [0.29, 0.717) is 35.5 Å². The topological polar surface area (TPSA) is 119 Å². The number of hydrogen-bond donors (Lipinski definition) is 3. The van der Waals surface area contributed by atoms with Crippen LogP contribution in [0, 0.1) is 3.57 Å². The van der Waals surface area contributed by atoms with E-state index < -0.39 is 0 Å². The van der Waals surface area contributed by atoms with Crippen LogP contribution in [-0.2, 0) is 6.54 Å². The van der Waals surface area contributed by atoms with Gasteiger partial charge < -0.3 is 10.7 Å². The van der Waals surface area contributed by atoms with E-state index in [1.807, 2.05) is 6.08 Å². The number of alkyl halides is 1. The van der Waals surface area contributed by atoms with Gasteiger partial charge in [-0.1, -0.05) is 11.6 Å². The van der Waals surface area contributed by atoms with Crippen LogP contribution in [0.5, 0.6) is 0 Å². The molecule has 0 amide bonds. The van der Waals surface area contributed by atoms with E-state index in [4.69, 9.17) is 26.7 Å². The Morgan fingerprint density at radius 2 is 2.12 bits per heavy atom. The zero-order valence-electron chi connectivity index (χ0n) is 18.6. The molecule has 4 rings (SSSR count). The maximum absolute atomic E-state index is 6.21. The van der Waals surface area contributed by atoms with Crippen molar-refractivity contribution in [2.24, 2.45) is 5.73 Å². The molecule has 178 valence electrons. The number of benzene rings is 1. The average Bonchev–Trinajstić information content (AvgIpc) is 3.49. The molecule has 1 unspecified atom stereocenters. The first-order valence-corrected chi connectivity index (χ1v) is 14.9. The molecule has 0 aliphatic carbocycles. The molecular weight excluding hydrogens is 585 g/mol. The number of hydrogen-bond acceptors (Lipinski definition) is 8. The summed E-state index contributed by atoms with van der Waals surface area (Å²) in [6.07, 6.45) is 9.37. The van der Waals surface area contributed by atoms with E-state index in [2.05, 4.69) is 67.4 Å². The van der Waals surface area contributed by atoms with Crippen molar-refractivity contribution in [2.75, 3.05) is 10.2 Å². The monoisotopic (exact) mass is 608 g/mol. The molecule has 1 aromatic carbocycles. The summed E-state index contributed by atoms with van der Waals surface area (Å²) in [7, 11) is 0. The summed E-state index contributed by atoms with van der Waals surface area (Å²) in [4.78, 5) is 23.0. The molecule has 0 saturated heterocycles. The minimum atomic E-state index is 0.0437. The number of nitrogens with one attached hydrogen (secondary N) is 2. The van der Waals surface area contributed by atoms with Gasteiger partial charge in [0.15, 0.2) is 0 Å². The number of nitrogens with zero attached hydrogens (tertiary/aromatic N) is 4. The molecule has 3 aromatic heterocycles. The van der Waals surface area contributed by atoms with Gasteiger partial charge in [0, 0.05) is 11.2 Å². The van der Waals surface area contributed by atoms with Crippen LogP contribution in [-0.4, -0.2) is 35.1 Å². The molecule has 34 heavy (non-hydrogen) atoms. The molecule has 0 aliphatic heterocycles. The molecule has 3 heterocycles. The molecule has 0 bridgehead atoms. The molecule has 0 fully saturated rings. The first-order chi connectivity index (χ1) is 16.6. The normalized spacial score (nSPS) is 13.2. The van der Waals surface area contributed by atoms with Crippen molar-refractivity contribution in [2.45, 2.75) is 30.2 Å². The molecule has 0 spiro atoms. The van der Waals surface area contributed by atoms with Crippen LogP contribution >= 0.6 is 23.4 Å². The van der Waals surface area contributed by atoms with Gasteiger partial charge in [-0.05, 0) is 0 Å². The molecule has 8 nitrogen and oxygen atoms in total. The van der Waals surface area contributed by atoms with Crippen molar-refractivity contribution in [1.82, 2.24) is 24.9 Å². The molecule has 4 aromatic rings. The van der Waals surface area contributed by atoms with Crippen LogP contribution in [0.15, 0.2) is 69.7 Å². The number of aromatic nitrogens is 5. The molecule has 11 heteroatoms. The number of halogens is 2. The van der Waals surface area contributed by atoms with E-state index in [1.165, 1.54) is 9.77 Å². The molecule has 0 aliphatic rings. The first-order valence-electron chi connectivity index (χ1n) is 10.4. The molecular formula is C23H24ClIN7OS-. The number of oxazole rings is 1. The second kappa shape index (κ2) is 11.7. The Morgan fingerprint density at radius 3 is 2.88 bits per heavy atom. The summed E-state index contributed by atoms with van der Waals surface area (Å²) < 4.78 is 7.59. The summed E-state index contributed by atoms with van der Waals surface area (Å²) >= 11 is 7.61. The number of imidazole rings is 1. The Bertz CT molecular complexity index is 1300. The van der Waals surface area contributed by atoms with Gasteiger partial charge >= 0.3 is 168 Å². The number of aromatic amines is 1. The number of allylic oxidation sites excluding steroid dienone is 2. The Kier molecular flexibility index (Phi) is 8.46. The fraction of sp³-hybridized carbons (Fsp3) is 0.217. The van der Waals surface area contributed by atoms with Crippen molar-refractivity contribution in [3.63, 3.8) is 0 Å². The molecule has 0 radical (unpaired) electrons. The van der Waals surface area contributed by atoms with Crippen LogP contribution in [0.2, 0.25) is 0 Å². The number of anilines is 1. The Hall–Kier alpha value is -2.57. The van der Waals surface area contributed by atoms with Gasteiger partial charge in [-0.15, -0.1) is 0 Å². The fourth-order valence-corrected chi connectivity index (χ4v) is 5.09. The van der Waals surface area contributed by atoms with Crippen molar-refractivity contribution in [1.29, 1.82) is 0 Å². The maximum atomic E-state index is 6.21. The van der Waals surface area contributed by atoms with Crippen molar-refractivity contribution in [3.05, 3.63) is 69.4 Å². The van der Waals surface area contributed by atoms with Crippen molar-refractivity contribution >= 4 is 40.5 Å². The van der Waals surface area contributed by atoms with Crippen LogP contribution < -0.4 is 32.3 Å². The Morgan fingerprint density at radius 1 is 1.29 bits per heavy atom. The fourth-order valence-electron chi connectivity index (χ4n) is 3.02. The summed E-state index contributed by atoms with van der Waals surface area (Å²) in [6.45, 7) is 2.51. The zero-order chi connectivity index (χ0) is 23.9.